The number of rotatable bonds is 6. The van der Waals surface area contributed by atoms with Crippen molar-refractivity contribution < 1.29 is 4.39 Å². The van der Waals surface area contributed by atoms with Crippen LogP contribution in [0.25, 0.3) is 0 Å². The van der Waals surface area contributed by atoms with Crippen molar-refractivity contribution in [3.05, 3.63) is 46.9 Å². The molecule has 0 amide bonds. The Hall–Kier alpha value is -2.13. The minimum absolute atomic E-state index is 0.227. The lowest BCUT2D eigenvalue weighted by Crippen LogP contribution is -2.05. The van der Waals surface area contributed by atoms with Gasteiger partial charge in [-0.3, -0.25) is 0 Å². The summed E-state index contributed by atoms with van der Waals surface area (Å²) < 4.78 is 12.9. The van der Waals surface area contributed by atoms with E-state index in [1.807, 2.05) is 0 Å². The minimum Gasteiger partial charge on any atom is -0.382 e. The summed E-state index contributed by atoms with van der Waals surface area (Å²) in [6.45, 7) is 2.08. The number of aromatic nitrogens is 2. The van der Waals surface area contributed by atoms with Crippen LogP contribution in [0.15, 0.2) is 29.4 Å². The topological polar surface area (TPSA) is 75.6 Å². The van der Waals surface area contributed by atoms with Gasteiger partial charge in [-0.25, -0.2) is 14.4 Å². The summed E-state index contributed by atoms with van der Waals surface area (Å²) in [5.74, 6) is 0.596. The molecule has 0 spiro atoms. The molecule has 114 valence electrons. The second kappa shape index (κ2) is 7.76. The lowest BCUT2D eigenvalue weighted by Gasteiger charge is -2.08. The average molecular weight is 316 g/mol. The summed E-state index contributed by atoms with van der Waals surface area (Å²) in [4.78, 5) is 8.63. The van der Waals surface area contributed by atoms with Crippen LogP contribution in [0.5, 0.6) is 0 Å². The second-order valence-electron chi connectivity index (χ2n) is 4.84. The Bertz CT molecular complexity index is 680. The average Bonchev–Trinajstić information content (AvgIpc) is 2.52. The molecule has 0 aliphatic rings. The normalized spacial score (nSPS) is 10.4. The number of hydrogen-bond donors (Lipinski definition) is 1. The molecule has 1 aromatic heterocycles. The quantitative estimate of drug-likeness (QED) is 0.649. The number of nitrogens with two attached hydrogens (primary N) is 1. The first-order valence-electron chi connectivity index (χ1n) is 7.07. The number of anilines is 1. The van der Waals surface area contributed by atoms with E-state index >= 15 is 0 Å². The van der Waals surface area contributed by atoms with Gasteiger partial charge in [-0.2, -0.15) is 5.26 Å². The van der Waals surface area contributed by atoms with E-state index in [1.165, 1.54) is 23.9 Å². The van der Waals surface area contributed by atoms with E-state index in [2.05, 4.69) is 23.0 Å². The Kier molecular flexibility index (Phi) is 5.73. The zero-order valence-corrected chi connectivity index (χ0v) is 13.2. The Morgan fingerprint density at radius 3 is 2.64 bits per heavy atom. The first-order valence-corrected chi connectivity index (χ1v) is 8.06. The summed E-state index contributed by atoms with van der Waals surface area (Å²) in [5.41, 5.74) is 7.92. The number of nitrogen functional groups attached to an aromatic ring is 1. The van der Waals surface area contributed by atoms with Crippen molar-refractivity contribution in [1.29, 1.82) is 5.26 Å². The molecule has 1 heterocycles. The number of benzene rings is 1. The molecule has 0 aliphatic carbocycles. The third-order valence-corrected chi connectivity index (χ3v) is 4.07. The highest BCUT2D eigenvalue weighted by molar-refractivity contribution is 7.98. The predicted molar refractivity (Wildman–Crippen MR) is 85.7 cm³/mol. The maximum Gasteiger partial charge on any atom is 0.190 e. The highest BCUT2D eigenvalue weighted by atomic mass is 32.2. The van der Waals surface area contributed by atoms with Crippen molar-refractivity contribution in [2.45, 2.75) is 37.1 Å². The maximum absolute atomic E-state index is 12.9. The maximum atomic E-state index is 12.9. The van der Waals surface area contributed by atoms with Crippen LogP contribution in [0, 0.1) is 17.1 Å². The third-order valence-electron chi connectivity index (χ3n) is 3.15. The number of halogens is 1. The van der Waals surface area contributed by atoms with Gasteiger partial charge in [0.25, 0.3) is 0 Å². The largest absolute Gasteiger partial charge is 0.382 e. The molecule has 1 aromatic carbocycles. The fourth-order valence-corrected chi connectivity index (χ4v) is 2.77. The van der Waals surface area contributed by atoms with Crippen molar-refractivity contribution >= 4 is 17.6 Å². The van der Waals surface area contributed by atoms with Crippen LogP contribution < -0.4 is 5.73 Å². The summed E-state index contributed by atoms with van der Waals surface area (Å²) in [6, 6.07) is 8.39. The van der Waals surface area contributed by atoms with Gasteiger partial charge in [0.05, 0.1) is 5.69 Å². The monoisotopic (exact) mass is 316 g/mol. The molecule has 2 rings (SSSR count). The zero-order chi connectivity index (χ0) is 15.9. The zero-order valence-electron chi connectivity index (χ0n) is 12.3. The van der Waals surface area contributed by atoms with Gasteiger partial charge in [-0.1, -0.05) is 37.2 Å². The molecule has 6 heteroatoms. The standard InChI is InChI=1S/C16H17FN4S/c1-2-3-4-14-13(9-18)15(19)21-16(20-14)22-10-11-5-7-12(17)8-6-11/h5-8H,2-4,10H2,1H3,(H2,19,20,21). The highest BCUT2D eigenvalue weighted by Gasteiger charge is 2.12. The Morgan fingerprint density at radius 2 is 2.00 bits per heavy atom. The van der Waals surface area contributed by atoms with Gasteiger partial charge >= 0.3 is 0 Å². The number of nitriles is 1. The molecule has 0 atom stereocenters. The molecule has 0 saturated heterocycles. The van der Waals surface area contributed by atoms with E-state index in [4.69, 9.17) is 5.73 Å². The van der Waals surface area contributed by atoms with Crippen LogP contribution in [-0.4, -0.2) is 9.97 Å². The Labute approximate surface area is 133 Å². The molecule has 22 heavy (non-hydrogen) atoms. The van der Waals surface area contributed by atoms with Crippen molar-refractivity contribution in [1.82, 2.24) is 9.97 Å². The van der Waals surface area contributed by atoms with Gasteiger partial charge in [-0.15, -0.1) is 0 Å². The van der Waals surface area contributed by atoms with Crippen LogP contribution in [0.4, 0.5) is 10.2 Å². The van der Waals surface area contributed by atoms with Gasteiger partial charge in [-0.05, 0) is 30.5 Å². The number of unbranched alkanes of at least 4 members (excludes halogenated alkanes) is 1. The highest BCUT2D eigenvalue weighted by Crippen LogP contribution is 2.23. The van der Waals surface area contributed by atoms with Gasteiger partial charge in [0.1, 0.15) is 23.3 Å². The molecule has 0 radical (unpaired) electrons. The first kappa shape index (κ1) is 16.2. The van der Waals surface area contributed by atoms with E-state index in [9.17, 15) is 9.65 Å². The molecular formula is C16H17FN4S. The Balaban J connectivity index is 2.15. The van der Waals surface area contributed by atoms with E-state index in [-0.39, 0.29) is 11.6 Å². The van der Waals surface area contributed by atoms with E-state index < -0.39 is 0 Å². The molecule has 0 bridgehead atoms. The summed E-state index contributed by atoms with van der Waals surface area (Å²) >= 11 is 1.43. The van der Waals surface area contributed by atoms with E-state index in [1.54, 1.807) is 12.1 Å². The summed E-state index contributed by atoms with van der Waals surface area (Å²) in [6.07, 6.45) is 2.69. The van der Waals surface area contributed by atoms with Crippen LogP contribution in [-0.2, 0) is 12.2 Å². The summed E-state index contributed by atoms with van der Waals surface area (Å²) in [5, 5.41) is 9.72. The van der Waals surface area contributed by atoms with Crippen LogP contribution in [0.2, 0.25) is 0 Å². The van der Waals surface area contributed by atoms with Gasteiger partial charge in [0.15, 0.2) is 5.16 Å². The van der Waals surface area contributed by atoms with Gasteiger partial charge < -0.3 is 5.73 Å². The first-order chi connectivity index (χ1) is 10.6. The molecule has 2 N–H and O–H groups in total. The number of thioether (sulfide) groups is 1. The third kappa shape index (κ3) is 4.18. The predicted octanol–water partition coefficient (Wildman–Crippen LogP) is 3.70. The fraction of sp³-hybridized carbons (Fsp3) is 0.312. The number of hydrogen-bond acceptors (Lipinski definition) is 5. The van der Waals surface area contributed by atoms with Crippen molar-refractivity contribution in [2.24, 2.45) is 0 Å². The molecular weight excluding hydrogens is 299 g/mol. The van der Waals surface area contributed by atoms with E-state index in [0.29, 0.717) is 22.2 Å². The lowest BCUT2D eigenvalue weighted by molar-refractivity contribution is 0.627. The molecule has 4 nitrogen and oxygen atoms in total. The summed E-state index contributed by atoms with van der Waals surface area (Å²) in [7, 11) is 0. The molecule has 0 unspecified atom stereocenters. The van der Waals surface area contributed by atoms with Crippen molar-refractivity contribution in [3.8, 4) is 6.07 Å². The van der Waals surface area contributed by atoms with Crippen molar-refractivity contribution in [3.63, 3.8) is 0 Å². The van der Waals surface area contributed by atoms with Gasteiger partial charge in [0.2, 0.25) is 0 Å². The lowest BCUT2D eigenvalue weighted by atomic mass is 10.1. The Morgan fingerprint density at radius 1 is 1.27 bits per heavy atom. The SMILES string of the molecule is CCCCc1nc(SCc2ccc(F)cc2)nc(N)c1C#N. The molecule has 2 aromatic rings. The van der Waals surface area contributed by atoms with Gasteiger partial charge in [0, 0.05) is 5.75 Å². The van der Waals surface area contributed by atoms with Crippen LogP contribution in [0.1, 0.15) is 36.6 Å². The molecule has 0 fully saturated rings. The smallest absolute Gasteiger partial charge is 0.190 e. The second-order valence-corrected chi connectivity index (χ2v) is 5.79. The number of aryl methyl sites for hydroxylation is 1. The van der Waals surface area contributed by atoms with E-state index in [0.717, 1.165) is 24.8 Å². The number of nitrogens with zero attached hydrogens (tertiary/aromatic N) is 3. The minimum atomic E-state index is -0.255. The molecule has 0 saturated carbocycles. The van der Waals surface area contributed by atoms with Crippen LogP contribution >= 0.6 is 11.8 Å². The fourth-order valence-electron chi connectivity index (χ4n) is 1.94. The van der Waals surface area contributed by atoms with Crippen LogP contribution in [0.3, 0.4) is 0 Å². The van der Waals surface area contributed by atoms with Crippen molar-refractivity contribution in [2.75, 3.05) is 5.73 Å². The molecule has 0 aliphatic heterocycles.